The van der Waals surface area contributed by atoms with E-state index in [4.69, 9.17) is 21.1 Å². The number of hydrogen-bond acceptors (Lipinski definition) is 9. The number of imide groups is 1. The van der Waals surface area contributed by atoms with Crippen LogP contribution in [0.3, 0.4) is 0 Å². The zero-order valence-electron chi connectivity index (χ0n) is 36.9. The third-order valence-electron chi connectivity index (χ3n) is 13.1. The number of benzene rings is 4. The number of carbonyl (C=O) groups is 5. The first-order chi connectivity index (χ1) is 31.8. The molecule has 0 bridgehead atoms. The van der Waals surface area contributed by atoms with E-state index < -0.39 is 17.9 Å². The number of carboxylic acid groups (broad SMARTS) is 1. The maximum Gasteiger partial charge on any atom is 0.352 e. The van der Waals surface area contributed by atoms with Crippen molar-refractivity contribution in [1.29, 1.82) is 0 Å². The molecule has 342 valence electrons. The number of aryl methyl sites for hydroxylation is 3. The van der Waals surface area contributed by atoms with Gasteiger partial charge in [0, 0.05) is 92.4 Å². The lowest BCUT2D eigenvalue weighted by Gasteiger charge is -2.34. The zero-order valence-corrected chi connectivity index (χ0v) is 37.6. The number of fused-ring (bicyclic) bond motifs is 3. The van der Waals surface area contributed by atoms with Gasteiger partial charge in [-0.05, 0) is 98.2 Å². The van der Waals surface area contributed by atoms with Crippen LogP contribution in [0.15, 0.2) is 66.7 Å². The summed E-state index contributed by atoms with van der Waals surface area (Å²) < 4.78 is 29.7. The highest BCUT2D eigenvalue weighted by Gasteiger charge is 2.39. The van der Waals surface area contributed by atoms with E-state index in [2.05, 4.69) is 15.3 Å². The Kier molecular flexibility index (Phi) is 12.3. The lowest BCUT2D eigenvalue weighted by atomic mass is 9.98. The Morgan fingerprint density at radius 3 is 2.47 bits per heavy atom. The minimum Gasteiger partial charge on any atom is -0.493 e. The summed E-state index contributed by atoms with van der Waals surface area (Å²) in [5.74, 6) is -1.64. The van der Waals surface area contributed by atoms with Crippen molar-refractivity contribution in [2.24, 2.45) is 7.05 Å². The van der Waals surface area contributed by atoms with Gasteiger partial charge in [0.25, 0.3) is 11.8 Å². The van der Waals surface area contributed by atoms with Crippen LogP contribution in [-0.4, -0.2) is 116 Å². The molecule has 5 heterocycles. The molecule has 9 rings (SSSR count). The van der Waals surface area contributed by atoms with E-state index in [0.29, 0.717) is 91.9 Å². The molecule has 66 heavy (non-hydrogen) atoms. The van der Waals surface area contributed by atoms with Gasteiger partial charge in [0.15, 0.2) is 6.61 Å². The van der Waals surface area contributed by atoms with Gasteiger partial charge in [0.1, 0.15) is 29.1 Å². The molecule has 17 heteroatoms. The summed E-state index contributed by atoms with van der Waals surface area (Å²) >= 11 is 7.05. The second-order valence-electron chi connectivity index (χ2n) is 17.1. The highest BCUT2D eigenvalue weighted by atomic mass is 35.5. The second kappa shape index (κ2) is 18.2. The molecule has 0 aliphatic carbocycles. The van der Waals surface area contributed by atoms with E-state index >= 15 is 0 Å². The first-order valence-electron chi connectivity index (χ1n) is 22.1. The van der Waals surface area contributed by atoms with Crippen molar-refractivity contribution in [2.45, 2.75) is 58.7 Å². The standard InChI is InChI=1S/C49H49ClFN7O8/c1-28-43(29(2)54(3)53-28)44-38(50)14-13-37-36(7-5-23-65-40-8-4-6-30-24-32(51)9-11-34(30)40)46(49(63)64)57(45(37)44)22-19-55-17-20-56(21-18-55)42(60)27-66-33-10-12-35-31(25-33)26-58(48(35)62)39-15-16-41(59)52-47(39)61/h4,6,8-14,24-25,39H,5,7,15-23,26-27H2,1-3H3,(H,63,64)(H,52,59,61). The number of amides is 4. The van der Waals surface area contributed by atoms with Crippen molar-refractivity contribution in [3.8, 4) is 22.6 Å². The number of nitrogens with one attached hydrogen (secondary N) is 1. The topological polar surface area (TPSA) is 169 Å². The lowest BCUT2D eigenvalue weighted by molar-refractivity contribution is -0.137. The molecular formula is C49H49ClFN7O8. The number of piperazine rings is 1. The molecule has 1 atom stereocenters. The first kappa shape index (κ1) is 44.4. The van der Waals surface area contributed by atoms with Crippen LogP contribution in [0.2, 0.25) is 5.02 Å². The molecular weight excluding hydrogens is 869 g/mol. The summed E-state index contributed by atoms with van der Waals surface area (Å²) in [6.07, 6.45) is 1.35. The number of halogens is 2. The van der Waals surface area contributed by atoms with Crippen LogP contribution < -0.4 is 14.8 Å². The number of nitrogens with zero attached hydrogens (tertiary/aromatic N) is 6. The monoisotopic (exact) mass is 917 g/mol. The van der Waals surface area contributed by atoms with Crippen LogP contribution in [0.25, 0.3) is 32.8 Å². The molecule has 4 amide bonds. The van der Waals surface area contributed by atoms with Crippen molar-refractivity contribution in [2.75, 3.05) is 45.9 Å². The van der Waals surface area contributed by atoms with Crippen molar-refractivity contribution in [1.82, 2.24) is 34.4 Å². The van der Waals surface area contributed by atoms with Gasteiger partial charge in [-0.1, -0.05) is 29.8 Å². The predicted octanol–water partition coefficient (Wildman–Crippen LogP) is 6.30. The minimum atomic E-state index is -1.06. The Balaban J connectivity index is 0.881. The summed E-state index contributed by atoms with van der Waals surface area (Å²) in [5.41, 5.74) is 5.95. The highest BCUT2D eigenvalue weighted by molar-refractivity contribution is 6.35. The predicted molar refractivity (Wildman–Crippen MR) is 244 cm³/mol. The molecule has 4 aromatic carbocycles. The van der Waals surface area contributed by atoms with Crippen LogP contribution in [0.4, 0.5) is 4.39 Å². The van der Waals surface area contributed by atoms with Crippen LogP contribution in [-0.2, 0) is 40.9 Å². The fourth-order valence-corrected chi connectivity index (χ4v) is 9.96. The van der Waals surface area contributed by atoms with E-state index in [0.717, 1.165) is 44.2 Å². The minimum absolute atomic E-state index is 0.165. The quantitative estimate of drug-likeness (QED) is 0.0935. The van der Waals surface area contributed by atoms with Crippen LogP contribution >= 0.6 is 11.6 Å². The van der Waals surface area contributed by atoms with Gasteiger partial charge in [-0.2, -0.15) is 5.10 Å². The van der Waals surface area contributed by atoms with Gasteiger partial charge in [-0.25, -0.2) is 9.18 Å². The number of aromatic carboxylic acids is 1. The van der Waals surface area contributed by atoms with E-state index in [1.807, 2.05) is 55.8 Å². The molecule has 2 N–H and O–H groups in total. The van der Waals surface area contributed by atoms with E-state index in [1.54, 1.807) is 33.8 Å². The Morgan fingerprint density at radius 2 is 1.73 bits per heavy atom. The number of hydrogen-bond donors (Lipinski definition) is 2. The van der Waals surface area contributed by atoms with Gasteiger partial charge in [-0.15, -0.1) is 0 Å². The van der Waals surface area contributed by atoms with Crippen molar-refractivity contribution in [3.63, 3.8) is 0 Å². The van der Waals surface area contributed by atoms with Gasteiger partial charge in [-0.3, -0.25) is 34.1 Å². The molecule has 2 saturated heterocycles. The summed E-state index contributed by atoms with van der Waals surface area (Å²) in [6.45, 7) is 7.04. The number of carbonyl (C=O) groups excluding carboxylic acids is 4. The van der Waals surface area contributed by atoms with Crippen molar-refractivity contribution >= 4 is 62.9 Å². The molecule has 1 unspecified atom stereocenters. The summed E-state index contributed by atoms with van der Waals surface area (Å²) in [6, 6.07) is 18.0. The average Bonchev–Trinajstić information content (AvgIpc) is 3.89. The van der Waals surface area contributed by atoms with Gasteiger partial charge >= 0.3 is 5.97 Å². The number of rotatable bonds is 14. The normalized spacial score (nSPS) is 16.6. The number of aromatic nitrogens is 3. The molecule has 0 radical (unpaired) electrons. The van der Waals surface area contributed by atoms with Crippen LogP contribution in [0.1, 0.15) is 62.6 Å². The molecule has 6 aromatic rings. The smallest absolute Gasteiger partial charge is 0.352 e. The zero-order chi connectivity index (χ0) is 46.4. The maximum absolute atomic E-state index is 13.9. The van der Waals surface area contributed by atoms with Gasteiger partial charge in [0.2, 0.25) is 11.8 Å². The summed E-state index contributed by atoms with van der Waals surface area (Å²) in [4.78, 5) is 69.4. The van der Waals surface area contributed by atoms with Crippen molar-refractivity contribution < 1.29 is 42.9 Å². The largest absolute Gasteiger partial charge is 0.493 e. The summed E-state index contributed by atoms with van der Waals surface area (Å²) in [7, 11) is 1.87. The SMILES string of the molecule is Cc1nn(C)c(C)c1-c1c(Cl)ccc2c(CCCOc3cccc4cc(F)ccc34)c(C(=O)O)n(CCN3CCN(C(=O)COc4ccc5c(c4)CN(C4CCC(=O)NC4=O)C5=O)CC3)c12. The lowest BCUT2D eigenvalue weighted by Crippen LogP contribution is -2.52. The van der Waals surface area contributed by atoms with E-state index in [1.165, 1.54) is 17.0 Å². The fourth-order valence-electron chi connectivity index (χ4n) is 9.71. The number of carboxylic acids is 1. The number of ether oxygens (including phenoxy) is 2. The average molecular weight is 918 g/mol. The highest BCUT2D eigenvalue weighted by Crippen LogP contribution is 2.42. The van der Waals surface area contributed by atoms with E-state index in [9.17, 15) is 33.5 Å². The Bertz CT molecular complexity index is 2960. The molecule has 3 aliphatic rings. The van der Waals surface area contributed by atoms with Crippen molar-refractivity contribution in [3.05, 3.63) is 111 Å². The Morgan fingerprint density at radius 1 is 0.939 bits per heavy atom. The molecule has 2 fully saturated rings. The maximum atomic E-state index is 13.9. The Hall–Kier alpha value is -6.78. The molecule has 0 saturated carbocycles. The Labute approximate surface area is 384 Å². The van der Waals surface area contributed by atoms with Gasteiger partial charge in [0.05, 0.1) is 22.8 Å². The van der Waals surface area contributed by atoms with Crippen LogP contribution in [0.5, 0.6) is 11.5 Å². The van der Waals surface area contributed by atoms with E-state index in [-0.39, 0.29) is 55.2 Å². The first-order valence-corrected chi connectivity index (χ1v) is 22.4. The molecule has 15 nitrogen and oxygen atoms in total. The summed E-state index contributed by atoms with van der Waals surface area (Å²) in [5, 5.41) is 20.7. The fraction of sp³-hybridized carbons (Fsp3) is 0.347. The molecule has 0 spiro atoms. The third kappa shape index (κ3) is 8.46. The van der Waals surface area contributed by atoms with Crippen LogP contribution in [0, 0.1) is 19.7 Å². The molecule has 2 aromatic heterocycles. The number of piperidine rings is 1. The third-order valence-corrected chi connectivity index (χ3v) is 13.4. The van der Waals surface area contributed by atoms with Gasteiger partial charge < -0.3 is 28.9 Å². The molecule has 3 aliphatic heterocycles. The second-order valence-corrected chi connectivity index (χ2v) is 17.5.